The van der Waals surface area contributed by atoms with E-state index in [0.717, 1.165) is 0 Å². The van der Waals surface area contributed by atoms with Crippen LogP contribution in [0.2, 0.25) is 0 Å². The van der Waals surface area contributed by atoms with Gasteiger partial charge in [-0.3, -0.25) is 0 Å². The first-order valence-electron chi connectivity index (χ1n) is 4.07. The summed E-state index contributed by atoms with van der Waals surface area (Å²) in [6.45, 7) is 0. The van der Waals surface area contributed by atoms with E-state index in [1.165, 1.54) is 24.4 Å². The minimum Gasteiger partial charge on any atom is -0.463 e. The molecule has 7 nitrogen and oxygen atoms in total. The van der Waals surface area contributed by atoms with Gasteiger partial charge in [-0.05, 0) is 0 Å². The number of aromatic nitrogens is 5. The van der Waals surface area contributed by atoms with Crippen LogP contribution in [0.25, 0.3) is 5.82 Å². The maximum absolute atomic E-state index is 11.1. The molecule has 2 aromatic rings. The molecule has 0 saturated carbocycles. The highest BCUT2D eigenvalue weighted by atomic mass is 16.5. The van der Waals surface area contributed by atoms with Crippen LogP contribution in [-0.4, -0.2) is 37.8 Å². The third-order valence-electron chi connectivity index (χ3n) is 1.66. The van der Waals surface area contributed by atoms with E-state index in [0.29, 0.717) is 5.82 Å². The summed E-state index contributed by atoms with van der Waals surface area (Å²) in [6, 6.07) is 1.65. The largest absolute Gasteiger partial charge is 0.463 e. The molecule has 0 amide bonds. The number of hydrogen-bond acceptors (Lipinski definition) is 6. The summed E-state index contributed by atoms with van der Waals surface area (Å²) < 4.78 is 5.84. The second kappa shape index (κ2) is 3.82. The Morgan fingerprint density at radius 3 is 3.00 bits per heavy atom. The smallest absolute Gasteiger partial charge is 0.377 e. The number of hydrogen-bond donors (Lipinski definition) is 0. The lowest BCUT2D eigenvalue weighted by Gasteiger charge is -1.95. The standard InChI is InChI=1S/C8H7N5O2/c1-15-8(14)7-11-5-13(12-7)6-2-3-9-4-10-6/h2-5H,1H3. The molecule has 0 aliphatic heterocycles. The van der Waals surface area contributed by atoms with Crippen molar-refractivity contribution in [3.05, 3.63) is 30.7 Å². The van der Waals surface area contributed by atoms with Crippen LogP contribution in [0.5, 0.6) is 0 Å². The molecule has 2 heterocycles. The molecule has 0 unspecified atom stereocenters. The van der Waals surface area contributed by atoms with Crippen molar-refractivity contribution in [3.8, 4) is 5.82 Å². The van der Waals surface area contributed by atoms with Gasteiger partial charge in [-0.1, -0.05) is 0 Å². The zero-order valence-electron chi connectivity index (χ0n) is 7.86. The average molecular weight is 205 g/mol. The van der Waals surface area contributed by atoms with Crippen molar-refractivity contribution in [2.24, 2.45) is 0 Å². The van der Waals surface area contributed by atoms with E-state index >= 15 is 0 Å². The maximum atomic E-state index is 11.1. The van der Waals surface area contributed by atoms with E-state index in [1.807, 2.05) is 0 Å². The predicted molar refractivity (Wildman–Crippen MR) is 48.3 cm³/mol. The molecule has 2 aromatic heterocycles. The Labute approximate surface area is 84.8 Å². The highest BCUT2D eigenvalue weighted by Gasteiger charge is 2.11. The van der Waals surface area contributed by atoms with Gasteiger partial charge in [0.1, 0.15) is 12.7 Å². The molecular weight excluding hydrogens is 198 g/mol. The minimum atomic E-state index is -0.581. The molecule has 0 aromatic carbocycles. The maximum Gasteiger partial charge on any atom is 0.377 e. The zero-order valence-corrected chi connectivity index (χ0v) is 7.86. The summed E-state index contributed by atoms with van der Waals surface area (Å²) in [5.74, 6) is -0.0495. The first kappa shape index (κ1) is 9.25. The van der Waals surface area contributed by atoms with Crippen molar-refractivity contribution in [3.63, 3.8) is 0 Å². The van der Waals surface area contributed by atoms with Crippen molar-refractivity contribution in [2.75, 3.05) is 7.11 Å². The van der Waals surface area contributed by atoms with Gasteiger partial charge in [-0.25, -0.2) is 24.4 Å². The van der Waals surface area contributed by atoms with Gasteiger partial charge in [0.25, 0.3) is 5.82 Å². The van der Waals surface area contributed by atoms with Crippen molar-refractivity contribution < 1.29 is 9.53 Å². The lowest BCUT2D eigenvalue weighted by Crippen LogP contribution is -2.05. The molecule has 0 aliphatic rings. The molecule has 0 aliphatic carbocycles. The Bertz CT molecular complexity index is 467. The lowest BCUT2D eigenvalue weighted by molar-refractivity contribution is 0.0587. The van der Waals surface area contributed by atoms with E-state index in [9.17, 15) is 4.79 Å². The van der Waals surface area contributed by atoms with Gasteiger partial charge in [0.15, 0.2) is 5.82 Å². The van der Waals surface area contributed by atoms with Gasteiger partial charge in [0, 0.05) is 12.3 Å². The SMILES string of the molecule is COC(=O)c1ncn(-c2ccncn2)n1. The van der Waals surface area contributed by atoms with Crippen LogP contribution in [0.1, 0.15) is 10.6 Å². The van der Waals surface area contributed by atoms with Crippen LogP contribution < -0.4 is 0 Å². The van der Waals surface area contributed by atoms with E-state index in [2.05, 4.69) is 24.8 Å². The third-order valence-corrected chi connectivity index (χ3v) is 1.66. The normalized spacial score (nSPS) is 9.93. The molecule has 2 rings (SSSR count). The van der Waals surface area contributed by atoms with Crippen molar-refractivity contribution >= 4 is 5.97 Å². The molecule has 0 radical (unpaired) electrons. The molecule has 7 heteroatoms. The fourth-order valence-corrected chi connectivity index (χ4v) is 0.977. The summed E-state index contributed by atoms with van der Waals surface area (Å²) in [6.07, 6.45) is 4.34. The van der Waals surface area contributed by atoms with Gasteiger partial charge in [-0.15, -0.1) is 5.10 Å². The average Bonchev–Trinajstić information content (AvgIpc) is 2.78. The van der Waals surface area contributed by atoms with Crippen LogP contribution in [0.15, 0.2) is 24.9 Å². The second-order valence-electron chi connectivity index (χ2n) is 2.57. The van der Waals surface area contributed by atoms with Crippen LogP contribution in [0, 0.1) is 0 Å². The molecular formula is C8H7N5O2. The molecule has 15 heavy (non-hydrogen) atoms. The van der Waals surface area contributed by atoms with E-state index in [4.69, 9.17) is 0 Å². The van der Waals surface area contributed by atoms with Crippen LogP contribution in [-0.2, 0) is 4.74 Å². The van der Waals surface area contributed by atoms with Gasteiger partial charge in [-0.2, -0.15) is 0 Å². The molecule has 0 spiro atoms. The number of methoxy groups -OCH3 is 1. The monoisotopic (exact) mass is 205 g/mol. The first-order valence-corrected chi connectivity index (χ1v) is 4.07. The van der Waals surface area contributed by atoms with E-state index in [-0.39, 0.29) is 5.82 Å². The number of rotatable bonds is 2. The summed E-state index contributed by atoms with van der Waals surface area (Å²) >= 11 is 0. The number of esters is 1. The van der Waals surface area contributed by atoms with Crippen molar-refractivity contribution in [1.82, 2.24) is 24.7 Å². The summed E-state index contributed by atoms with van der Waals surface area (Å²) in [4.78, 5) is 22.6. The summed E-state index contributed by atoms with van der Waals surface area (Å²) in [5.41, 5.74) is 0. The number of carbonyl (C=O) groups is 1. The zero-order chi connectivity index (χ0) is 10.7. The lowest BCUT2D eigenvalue weighted by atomic mass is 10.6. The fraction of sp³-hybridized carbons (Fsp3) is 0.125. The molecule has 0 atom stereocenters. The number of ether oxygens (including phenoxy) is 1. The van der Waals surface area contributed by atoms with Crippen LogP contribution in [0.4, 0.5) is 0 Å². The van der Waals surface area contributed by atoms with E-state index in [1.54, 1.807) is 12.3 Å². The number of carbonyl (C=O) groups excluding carboxylic acids is 1. The van der Waals surface area contributed by atoms with Gasteiger partial charge >= 0.3 is 5.97 Å². The van der Waals surface area contributed by atoms with Crippen LogP contribution in [0.3, 0.4) is 0 Å². The molecule has 0 N–H and O–H groups in total. The molecule has 0 saturated heterocycles. The molecule has 76 valence electrons. The van der Waals surface area contributed by atoms with Crippen LogP contribution >= 0.6 is 0 Å². The predicted octanol–water partition coefficient (Wildman–Crippen LogP) is -0.156. The topological polar surface area (TPSA) is 82.8 Å². The Morgan fingerprint density at radius 1 is 1.47 bits per heavy atom. The Balaban J connectivity index is 2.32. The first-order chi connectivity index (χ1) is 7.31. The molecule has 0 fully saturated rings. The summed E-state index contributed by atoms with van der Waals surface area (Å²) in [7, 11) is 1.27. The van der Waals surface area contributed by atoms with Gasteiger partial charge < -0.3 is 4.74 Å². The second-order valence-corrected chi connectivity index (χ2v) is 2.57. The minimum absolute atomic E-state index is 0.00360. The Kier molecular flexibility index (Phi) is 2.36. The van der Waals surface area contributed by atoms with Gasteiger partial charge in [0.05, 0.1) is 7.11 Å². The summed E-state index contributed by atoms with van der Waals surface area (Å²) in [5, 5.41) is 3.89. The Morgan fingerprint density at radius 2 is 2.33 bits per heavy atom. The number of nitrogens with zero attached hydrogens (tertiary/aromatic N) is 5. The van der Waals surface area contributed by atoms with Gasteiger partial charge in [0.2, 0.25) is 0 Å². The third kappa shape index (κ3) is 1.80. The fourth-order valence-electron chi connectivity index (χ4n) is 0.977. The van der Waals surface area contributed by atoms with E-state index < -0.39 is 5.97 Å². The van der Waals surface area contributed by atoms with Crippen molar-refractivity contribution in [1.29, 1.82) is 0 Å². The Hall–Kier alpha value is -2.31. The highest BCUT2D eigenvalue weighted by molar-refractivity contribution is 5.84. The van der Waals surface area contributed by atoms with Crippen molar-refractivity contribution in [2.45, 2.75) is 0 Å². The highest BCUT2D eigenvalue weighted by Crippen LogP contribution is 2.00. The quantitative estimate of drug-likeness (QED) is 0.634. The molecule has 0 bridgehead atoms.